The maximum absolute atomic E-state index is 11.8. The van der Waals surface area contributed by atoms with Crippen LogP contribution in [0.25, 0.3) is 0 Å². The molecule has 21 heavy (non-hydrogen) atoms. The van der Waals surface area contributed by atoms with Crippen LogP contribution >= 0.6 is 15.9 Å². The predicted molar refractivity (Wildman–Crippen MR) is 83.4 cm³/mol. The average Bonchev–Trinajstić information content (AvgIpc) is 2.94. The molecule has 0 aliphatic rings. The maximum Gasteiger partial charge on any atom is 0.287 e. The smallest absolute Gasteiger partial charge is 0.287 e. The van der Waals surface area contributed by atoms with Crippen LogP contribution in [0, 0.1) is 0 Å². The van der Waals surface area contributed by atoms with E-state index in [-0.39, 0.29) is 12.5 Å². The summed E-state index contributed by atoms with van der Waals surface area (Å²) < 4.78 is 12.0. The molecule has 1 aromatic heterocycles. The van der Waals surface area contributed by atoms with Crippen molar-refractivity contribution in [2.24, 2.45) is 0 Å². The number of furan rings is 1. The van der Waals surface area contributed by atoms with Gasteiger partial charge in [0.25, 0.3) is 5.91 Å². The van der Waals surface area contributed by atoms with Gasteiger partial charge in [0.1, 0.15) is 18.1 Å². The van der Waals surface area contributed by atoms with Gasteiger partial charge >= 0.3 is 0 Å². The highest BCUT2D eigenvalue weighted by Crippen LogP contribution is 2.19. The third-order valence-electron chi connectivity index (χ3n) is 2.72. The molecule has 5 nitrogen and oxygen atoms in total. The molecule has 2 rings (SSSR count). The van der Waals surface area contributed by atoms with Crippen molar-refractivity contribution in [3.8, 4) is 5.75 Å². The molecule has 112 valence electrons. The van der Waals surface area contributed by atoms with Crippen LogP contribution in [0.4, 0.5) is 0 Å². The number of halogens is 1. The van der Waals surface area contributed by atoms with Gasteiger partial charge in [0, 0.05) is 17.6 Å². The van der Waals surface area contributed by atoms with E-state index < -0.39 is 0 Å². The first-order chi connectivity index (χ1) is 10.2. The van der Waals surface area contributed by atoms with E-state index in [2.05, 4.69) is 26.6 Å². The number of carbonyl (C=O) groups excluding carboxylic acids is 1. The lowest BCUT2D eigenvalue weighted by Gasteiger charge is -2.04. The summed E-state index contributed by atoms with van der Waals surface area (Å²) in [5, 5.41) is 5.71. The van der Waals surface area contributed by atoms with Crippen molar-refractivity contribution in [2.45, 2.75) is 6.61 Å². The molecule has 0 aliphatic heterocycles. The van der Waals surface area contributed by atoms with Crippen LogP contribution in [0.1, 0.15) is 16.3 Å². The molecular formula is C15H17BrN2O3. The minimum absolute atomic E-state index is 0.223. The molecule has 0 atom stereocenters. The molecule has 0 unspecified atom stereocenters. The number of hydrogen-bond donors (Lipinski definition) is 2. The zero-order valence-corrected chi connectivity index (χ0v) is 13.3. The Morgan fingerprint density at radius 1 is 1.29 bits per heavy atom. The lowest BCUT2D eigenvalue weighted by molar-refractivity contribution is 0.0922. The van der Waals surface area contributed by atoms with Crippen molar-refractivity contribution >= 4 is 21.8 Å². The van der Waals surface area contributed by atoms with Gasteiger partial charge in [-0.05, 0) is 37.4 Å². The Kier molecular flexibility index (Phi) is 5.83. The van der Waals surface area contributed by atoms with Crippen LogP contribution in [-0.2, 0) is 6.61 Å². The third-order valence-corrected chi connectivity index (χ3v) is 3.22. The van der Waals surface area contributed by atoms with Crippen molar-refractivity contribution in [3.05, 3.63) is 52.4 Å². The molecule has 0 radical (unpaired) electrons. The second-order valence-electron chi connectivity index (χ2n) is 4.37. The van der Waals surface area contributed by atoms with E-state index in [0.29, 0.717) is 24.6 Å². The first-order valence-electron chi connectivity index (χ1n) is 6.59. The Balaban J connectivity index is 1.86. The maximum atomic E-state index is 11.8. The number of carbonyl (C=O) groups is 1. The van der Waals surface area contributed by atoms with Crippen molar-refractivity contribution < 1.29 is 13.9 Å². The van der Waals surface area contributed by atoms with Crippen LogP contribution in [0.5, 0.6) is 5.75 Å². The zero-order valence-electron chi connectivity index (χ0n) is 11.7. The summed E-state index contributed by atoms with van der Waals surface area (Å²) in [7, 11) is 1.83. The zero-order chi connectivity index (χ0) is 15.1. The molecule has 1 heterocycles. The van der Waals surface area contributed by atoms with Crippen LogP contribution in [0.2, 0.25) is 0 Å². The fourth-order valence-electron chi connectivity index (χ4n) is 1.68. The molecule has 0 bridgehead atoms. The highest BCUT2D eigenvalue weighted by Gasteiger charge is 2.10. The van der Waals surface area contributed by atoms with Gasteiger partial charge in [-0.1, -0.05) is 22.0 Å². The summed E-state index contributed by atoms with van der Waals surface area (Å²) in [6, 6.07) is 10.9. The number of ether oxygens (including phenoxy) is 1. The standard InChI is InChI=1S/C15H17BrN2O3/c1-17-7-8-18-15(19)14-6-5-13(21-14)10-20-12-4-2-3-11(16)9-12/h2-6,9,17H,7-8,10H2,1H3,(H,18,19). The minimum Gasteiger partial charge on any atom is -0.486 e. The summed E-state index contributed by atoms with van der Waals surface area (Å²) >= 11 is 3.38. The van der Waals surface area contributed by atoms with E-state index in [1.54, 1.807) is 12.1 Å². The summed E-state index contributed by atoms with van der Waals surface area (Å²) in [4.78, 5) is 11.8. The first kappa shape index (κ1) is 15.6. The average molecular weight is 353 g/mol. The molecule has 6 heteroatoms. The minimum atomic E-state index is -0.223. The van der Waals surface area contributed by atoms with Gasteiger partial charge in [0.2, 0.25) is 0 Å². The van der Waals surface area contributed by atoms with Crippen LogP contribution < -0.4 is 15.4 Å². The predicted octanol–water partition coefficient (Wildman–Crippen LogP) is 2.57. The largest absolute Gasteiger partial charge is 0.486 e. The van der Waals surface area contributed by atoms with E-state index in [4.69, 9.17) is 9.15 Å². The van der Waals surface area contributed by atoms with Gasteiger partial charge in [-0.3, -0.25) is 4.79 Å². The van der Waals surface area contributed by atoms with E-state index in [0.717, 1.165) is 10.2 Å². The summed E-state index contributed by atoms with van der Waals surface area (Å²) in [5.41, 5.74) is 0. The van der Waals surface area contributed by atoms with Crippen molar-refractivity contribution in [1.29, 1.82) is 0 Å². The molecule has 0 saturated heterocycles. The molecular weight excluding hydrogens is 336 g/mol. The topological polar surface area (TPSA) is 63.5 Å². The second-order valence-corrected chi connectivity index (χ2v) is 5.29. The molecule has 0 saturated carbocycles. The molecule has 1 amide bonds. The third kappa shape index (κ3) is 4.91. The quantitative estimate of drug-likeness (QED) is 0.751. The Morgan fingerprint density at radius 2 is 2.14 bits per heavy atom. The van der Waals surface area contributed by atoms with Crippen LogP contribution in [-0.4, -0.2) is 26.0 Å². The van der Waals surface area contributed by atoms with Crippen molar-refractivity contribution in [2.75, 3.05) is 20.1 Å². The van der Waals surface area contributed by atoms with Gasteiger partial charge in [0.15, 0.2) is 5.76 Å². The highest BCUT2D eigenvalue weighted by atomic mass is 79.9. The number of rotatable bonds is 7. The molecule has 0 spiro atoms. The normalized spacial score (nSPS) is 10.4. The molecule has 2 aromatic rings. The van der Waals surface area contributed by atoms with Gasteiger partial charge in [0.05, 0.1) is 0 Å². The Labute approximate surface area is 131 Å². The van der Waals surface area contributed by atoms with E-state index in [1.165, 1.54) is 0 Å². The SMILES string of the molecule is CNCCNC(=O)c1ccc(COc2cccc(Br)c2)o1. The van der Waals surface area contributed by atoms with Crippen LogP contribution in [0.3, 0.4) is 0 Å². The lowest BCUT2D eigenvalue weighted by Crippen LogP contribution is -2.30. The molecule has 1 aromatic carbocycles. The number of amides is 1. The van der Waals surface area contributed by atoms with Gasteiger partial charge in [-0.15, -0.1) is 0 Å². The van der Waals surface area contributed by atoms with Crippen molar-refractivity contribution in [3.63, 3.8) is 0 Å². The Morgan fingerprint density at radius 3 is 2.90 bits per heavy atom. The Hall–Kier alpha value is -1.79. The van der Waals surface area contributed by atoms with Crippen molar-refractivity contribution in [1.82, 2.24) is 10.6 Å². The first-order valence-corrected chi connectivity index (χ1v) is 7.38. The number of benzene rings is 1. The van der Waals surface area contributed by atoms with Crippen LogP contribution in [0.15, 0.2) is 45.3 Å². The second kappa shape index (κ2) is 7.85. The molecule has 0 fully saturated rings. The van der Waals surface area contributed by atoms with Gasteiger partial charge in [-0.25, -0.2) is 0 Å². The highest BCUT2D eigenvalue weighted by molar-refractivity contribution is 9.10. The molecule has 0 aliphatic carbocycles. The summed E-state index contributed by atoms with van der Waals surface area (Å²) in [6.45, 7) is 1.55. The van der Waals surface area contributed by atoms with E-state index in [9.17, 15) is 4.79 Å². The van der Waals surface area contributed by atoms with E-state index in [1.807, 2.05) is 31.3 Å². The fourth-order valence-corrected chi connectivity index (χ4v) is 2.06. The molecule has 2 N–H and O–H groups in total. The number of hydrogen-bond acceptors (Lipinski definition) is 4. The monoisotopic (exact) mass is 352 g/mol. The summed E-state index contributed by atoms with van der Waals surface area (Å²) in [5.74, 6) is 1.41. The lowest BCUT2D eigenvalue weighted by atomic mass is 10.3. The van der Waals surface area contributed by atoms with Gasteiger partial charge in [-0.2, -0.15) is 0 Å². The van der Waals surface area contributed by atoms with E-state index >= 15 is 0 Å². The number of nitrogens with one attached hydrogen (secondary N) is 2. The van der Waals surface area contributed by atoms with Gasteiger partial charge < -0.3 is 19.8 Å². The fraction of sp³-hybridized carbons (Fsp3) is 0.267. The number of likely N-dealkylation sites (N-methyl/N-ethyl adjacent to an activating group) is 1. The summed E-state index contributed by atoms with van der Waals surface area (Å²) in [6.07, 6.45) is 0. The Bertz CT molecular complexity index is 598.